The van der Waals surface area contributed by atoms with Crippen LogP contribution in [0.2, 0.25) is 10.0 Å². The molecule has 0 spiro atoms. The van der Waals surface area contributed by atoms with Gasteiger partial charge < -0.3 is 10.2 Å². The van der Waals surface area contributed by atoms with Crippen LogP contribution in [0.4, 0.5) is 5.95 Å². The van der Waals surface area contributed by atoms with Gasteiger partial charge in [0.1, 0.15) is 0 Å². The average molecular weight is 326 g/mol. The van der Waals surface area contributed by atoms with Crippen LogP contribution in [0.15, 0.2) is 18.2 Å². The molecule has 21 heavy (non-hydrogen) atoms. The third-order valence-electron chi connectivity index (χ3n) is 3.50. The number of hydrogen-bond donors (Lipinski definition) is 2. The zero-order chi connectivity index (χ0) is 15.0. The first-order valence-electron chi connectivity index (χ1n) is 6.92. The van der Waals surface area contributed by atoms with Crippen molar-refractivity contribution in [3.8, 4) is 11.4 Å². The van der Waals surface area contributed by atoms with Gasteiger partial charge in [0.15, 0.2) is 5.82 Å². The monoisotopic (exact) mass is 325 g/mol. The van der Waals surface area contributed by atoms with Crippen molar-refractivity contribution in [1.29, 1.82) is 0 Å². The molecule has 2 unspecified atom stereocenters. The average Bonchev–Trinajstić information content (AvgIpc) is 2.87. The van der Waals surface area contributed by atoms with Gasteiger partial charge in [-0.2, -0.15) is 4.98 Å². The van der Waals surface area contributed by atoms with E-state index < -0.39 is 0 Å². The molecule has 1 saturated heterocycles. The van der Waals surface area contributed by atoms with E-state index in [0.717, 1.165) is 18.7 Å². The minimum atomic E-state index is 0.412. The Morgan fingerprint density at radius 3 is 2.57 bits per heavy atom. The first-order chi connectivity index (χ1) is 10.0. The standard InChI is InChI=1S/C14H17Cl2N5/c1-8-6-21(7-9(2)17-8)14-18-13(19-20-14)11-4-3-10(15)5-12(11)16/h3-5,8-9,17H,6-7H2,1-2H3,(H,18,19,20). The Morgan fingerprint density at radius 2 is 1.90 bits per heavy atom. The van der Waals surface area contributed by atoms with Crippen LogP contribution < -0.4 is 10.2 Å². The highest BCUT2D eigenvalue weighted by Gasteiger charge is 2.24. The molecule has 2 N–H and O–H groups in total. The third kappa shape index (κ3) is 3.15. The molecule has 2 atom stereocenters. The van der Waals surface area contributed by atoms with Crippen molar-refractivity contribution in [3.63, 3.8) is 0 Å². The van der Waals surface area contributed by atoms with Crippen molar-refractivity contribution >= 4 is 29.2 Å². The van der Waals surface area contributed by atoms with Crippen molar-refractivity contribution < 1.29 is 0 Å². The van der Waals surface area contributed by atoms with Crippen LogP contribution in [0.5, 0.6) is 0 Å². The first kappa shape index (κ1) is 14.6. The van der Waals surface area contributed by atoms with Crippen LogP contribution in [0.25, 0.3) is 11.4 Å². The molecule has 112 valence electrons. The molecule has 0 aliphatic carbocycles. The summed E-state index contributed by atoms with van der Waals surface area (Å²) in [7, 11) is 0. The van der Waals surface area contributed by atoms with Gasteiger partial charge in [0, 0.05) is 35.8 Å². The Labute approximate surface area is 133 Å². The van der Waals surface area contributed by atoms with E-state index in [0.29, 0.717) is 33.9 Å². The van der Waals surface area contributed by atoms with Crippen LogP contribution in [0.3, 0.4) is 0 Å². The number of benzene rings is 1. The summed E-state index contributed by atoms with van der Waals surface area (Å²) in [5.41, 5.74) is 0.802. The number of nitrogens with one attached hydrogen (secondary N) is 2. The van der Waals surface area contributed by atoms with E-state index in [1.807, 2.05) is 6.07 Å². The smallest absolute Gasteiger partial charge is 0.245 e. The molecular weight excluding hydrogens is 309 g/mol. The molecule has 1 aliphatic heterocycles. The molecule has 2 aromatic rings. The van der Waals surface area contributed by atoms with Crippen molar-refractivity contribution in [2.45, 2.75) is 25.9 Å². The second-order valence-electron chi connectivity index (χ2n) is 5.48. The van der Waals surface area contributed by atoms with Gasteiger partial charge in [-0.3, -0.25) is 5.10 Å². The number of anilines is 1. The molecule has 5 nitrogen and oxygen atoms in total. The topological polar surface area (TPSA) is 56.8 Å². The third-order valence-corrected chi connectivity index (χ3v) is 4.05. The molecular formula is C14H17Cl2N5. The van der Waals surface area contributed by atoms with Gasteiger partial charge in [0.25, 0.3) is 0 Å². The molecule has 1 aliphatic rings. The fourth-order valence-electron chi connectivity index (χ4n) is 2.69. The maximum Gasteiger partial charge on any atom is 0.245 e. The fourth-order valence-corrected chi connectivity index (χ4v) is 3.18. The van der Waals surface area contributed by atoms with E-state index in [2.05, 4.69) is 39.2 Å². The van der Waals surface area contributed by atoms with Crippen LogP contribution >= 0.6 is 23.2 Å². The van der Waals surface area contributed by atoms with Gasteiger partial charge in [0.2, 0.25) is 5.95 Å². The van der Waals surface area contributed by atoms with Gasteiger partial charge in [-0.25, -0.2) is 0 Å². The van der Waals surface area contributed by atoms with Gasteiger partial charge >= 0.3 is 0 Å². The van der Waals surface area contributed by atoms with Gasteiger partial charge in [-0.15, -0.1) is 5.10 Å². The zero-order valence-corrected chi connectivity index (χ0v) is 13.4. The highest BCUT2D eigenvalue weighted by Crippen LogP contribution is 2.29. The number of H-pyrrole nitrogens is 1. The molecule has 1 fully saturated rings. The molecule has 2 heterocycles. The highest BCUT2D eigenvalue weighted by molar-refractivity contribution is 6.36. The van der Waals surface area contributed by atoms with Crippen LogP contribution in [-0.4, -0.2) is 40.4 Å². The number of rotatable bonds is 2. The summed E-state index contributed by atoms with van der Waals surface area (Å²) in [5, 5.41) is 11.9. The van der Waals surface area contributed by atoms with E-state index in [1.54, 1.807) is 12.1 Å². The van der Waals surface area contributed by atoms with Crippen molar-refractivity contribution in [3.05, 3.63) is 28.2 Å². The maximum absolute atomic E-state index is 6.21. The van der Waals surface area contributed by atoms with Gasteiger partial charge in [-0.05, 0) is 32.0 Å². The lowest BCUT2D eigenvalue weighted by molar-refractivity contribution is 0.403. The van der Waals surface area contributed by atoms with E-state index >= 15 is 0 Å². The highest BCUT2D eigenvalue weighted by atomic mass is 35.5. The summed E-state index contributed by atoms with van der Waals surface area (Å²) >= 11 is 12.1. The van der Waals surface area contributed by atoms with Crippen molar-refractivity contribution in [1.82, 2.24) is 20.5 Å². The molecule has 0 radical (unpaired) electrons. The SMILES string of the molecule is CC1CN(c2n[nH]c(-c3ccc(Cl)cc3Cl)n2)CC(C)N1. The first-order valence-corrected chi connectivity index (χ1v) is 7.67. The summed E-state index contributed by atoms with van der Waals surface area (Å²) in [6.45, 7) is 6.09. The molecule has 7 heteroatoms. The van der Waals surface area contributed by atoms with Crippen LogP contribution in [-0.2, 0) is 0 Å². The van der Waals surface area contributed by atoms with Gasteiger partial charge in [-0.1, -0.05) is 23.2 Å². The second-order valence-corrected chi connectivity index (χ2v) is 6.33. The summed E-state index contributed by atoms with van der Waals surface area (Å²) in [6, 6.07) is 6.16. The van der Waals surface area contributed by atoms with Gasteiger partial charge in [0.05, 0.1) is 5.02 Å². The summed E-state index contributed by atoms with van der Waals surface area (Å²) in [6.07, 6.45) is 0. The minimum Gasteiger partial charge on any atom is -0.336 e. The number of piperazine rings is 1. The second kappa shape index (κ2) is 5.83. The fraction of sp³-hybridized carbons (Fsp3) is 0.429. The number of aromatic nitrogens is 3. The lowest BCUT2D eigenvalue weighted by atomic mass is 10.1. The Hall–Kier alpha value is -1.30. The zero-order valence-electron chi connectivity index (χ0n) is 11.9. The lowest BCUT2D eigenvalue weighted by Crippen LogP contribution is -2.54. The largest absolute Gasteiger partial charge is 0.336 e. The minimum absolute atomic E-state index is 0.412. The Balaban J connectivity index is 1.86. The number of halogens is 2. The van der Waals surface area contributed by atoms with Crippen LogP contribution in [0.1, 0.15) is 13.8 Å². The van der Waals surface area contributed by atoms with E-state index in [-0.39, 0.29) is 0 Å². The van der Waals surface area contributed by atoms with E-state index in [1.165, 1.54) is 0 Å². The summed E-state index contributed by atoms with van der Waals surface area (Å²) in [5.74, 6) is 1.36. The van der Waals surface area contributed by atoms with E-state index in [9.17, 15) is 0 Å². The normalized spacial score (nSPS) is 22.6. The molecule has 3 rings (SSSR count). The maximum atomic E-state index is 6.21. The molecule has 0 bridgehead atoms. The Bertz CT molecular complexity index is 632. The molecule has 1 aromatic carbocycles. The Kier molecular flexibility index (Phi) is 4.06. The molecule has 0 amide bonds. The quantitative estimate of drug-likeness (QED) is 0.891. The van der Waals surface area contributed by atoms with Crippen LogP contribution in [0, 0.1) is 0 Å². The number of hydrogen-bond acceptors (Lipinski definition) is 4. The predicted molar refractivity (Wildman–Crippen MR) is 86.1 cm³/mol. The molecule has 1 aromatic heterocycles. The summed E-state index contributed by atoms with van der Waals surface area (Å²) in [4.78, 5) is 6.74. The lowest BCUT2D eigenvalue weighted by Gasteiger charge is -2.35. The Morgan fingerprint density at radius 1 is 1.19 bits per heavy atom. The number of aromatic amines is 1. The van der Waals surface area contributed by atoms with Crippen molar-refractivity contribution in [2.24, 2.45) is 0 Å². The molecule has 0 saturated carbocycles. The van der Waals surface area contributed by atoms with Crippen molar-refractivity contribution in [2.75, 3.05) is 18.0 Å². The summed E-state index contributed by atoms with van der Waals surface area (Å²) < 4.78 is 0. The van der Waals surface area contributed by atoms with E-state index in [4.69, 9.17) is 23.2 Å². The number of nitrogens with zero attached hydrogens (tertiary/aromatic N) is 3. The predicted octanol–water partition coefficient (Wildman–Crippen LogP) is 2.97.